The molecule has 0 heterocycles. The van der Waals surface area contributed by atoms with Crippen LogP contribution in [0, 0.1) is 0 Å². The maximum atomic E-state index is 8.84. The fourth-order valence-electron chi connectivity index (χ4n) is 0.609. The Morgan fingerprint density at radius 1 is 0.900 bits per heavy atom. The van der Waals surface area contributed by atoms with Gasteiger partial charge in [0.1, 0.15) is 15.7 Å². The molecule has 46 valence electrons. The quantitative estimate of drug-likeness (QED) is 0.337. The van der Waals surface area contributed by atoms with Crippen molar-refractivity contribution in [2.45, 2.75) is 0 Å². The number of rotatable bonds is 0. The van der Waals surface area contributed by atoms with E-state index >= 15 is 0 Å². The Hall–Kier alpha value is -1.05. The first-order chi connectivity index (χ1) is 4.61. The Morgan fingerprint density at radius 3 is 1.50 bits per heavy atom. The molecular weight excluding hydrogens is 126 g/mol. The van der Waals surface area contributed by atoms with Crippen LogP contribution in [-0.2, 0) is 0 Å². The van der Waals surface area contributed by atoms with Crippen molar-refractivity contribution in [3.63, 3.8) is 0 Å². The van der Waals surface area contributed by atoms with E-state index in [1.54, 1.807) is 0 Å². The molecule has 10 heavy (non-hydrogen) atoms. The molecule has 0 aliphatic carbocycles. The van der Waals surface area contributed by atoms with Crippen LogP contribution in [-0.4, -0.2) is 25.9 Å². The molecule has 1 aromatic rings. The molecule has 1 aromatic carbocycles. The van der Waals surface area contributed by atoms with Gasteiger partial charge in [-0.1, -0.05) is 10.9 Å². The van der Waals surface area contributed by atoms with Gasteiger partial charge in [0.2, 0.25) is 0 Å². The fourth-order valence-corrected chi connectivity index (χ4v) is 0.609. The summed E-state index contributed by atoms with van der Waals surface area (Å²) < 4.78 is 0. The van der Waals surface area contributed by atoms with E-state index in [1.165, 1.54) is 12.1 Å². The second-order valence-electron chi connectivity index (χ2n) is 1.97. The predicted octanol–water partition coefficient (Wildman–Crippen LogP) is -1.31. The molecule has 2 nitrogen and oxygen atoms in total. The number of phenols is 2. The van der Waals surface area contributed by atoms with Crippen molar-refractivity contribution in [1.29, 1.82) is 0 Å². The van der Waals surface area contributed by atoms with E-state index in [-0.39, 0.29) is 22.4 Å². The Balaban J connectivity index is 3.28. The lowest BCUT2D eigenvalue weighted by atomic mass is 9.80. The molecule has 0 bridgehead atoms. The minimum absolute atomic E-state index is 0.258. The van der Waals surface area contributed by atoms with Crippen LogP contribution >= 0.6 is 0 Å². The molecule has 0 saturated carbocycles. The van der Waals surface area contributed by atoms with Gasteiger partial charge in [-0.3, -0.25) is 0 Å². The van der Waals surface area contributed by atoms with Crippen molar-refractivity contribution in [2.75, 3.05) is 0 Å². The van der Waals surface area contributed by atoms with Crippen LogP contribution in [0.1, 0.15) is 0 Å². The van der Waals surface area contributed by atoms with E-state index in [2.05, 4.69) is 0 Å². The summed E-state index contributed by atoms with van der Waals surface area (Å²) in [5.74, 6) is -0.515. The van der Waals surface area contributed by atoms with Gasteiger partial charge in [-0.15, -0.1) is 0 Å². The molecule has 0 atom stereocenters. The Morgan fingerprint density at radius 2 is 1.20 bits per heavy atom. The van der Waals surface area contributed by atoms with Crippen LogP contribution in [0.15, 0.2) is 12.1 Å². The summed E-state index contributed by atoms with van der Waals surface area (Å²) in [7, 11) is 10.6. The zero-order valence-electron chi connectivity index (χ0n) is 5.20. The number of benzene rings is 1. The number of phenolic OH excluding ortho intramolecular Hbond substituents is 2. The van der Waals surface area contributed by atoms with Crippen molar-refractivity contribution in [3.05, 3.63) is 12.1 Å². The summed E-state index contributed by atoms with van der Waals surface area (Å²) in [6.07, 6.45) is 0. The fraction of sp³-hybridized carbons (Fsp3) is 0. The summed E-state index contributed by atoms with van der Waals surface area (Å²) in [6.45, 7) is 0. The third-order valence-electron chi connectivity index (χ3n) is 1.18. The molecule has 0 fully saturated rings. The second-order valence-corrected chi connectivity index (χ2v) is 1.97. The Bertz CT molecular complexity index is 210. The first-order valence-electron chi connectivity index (χ1n) is 2.68. The molecule has 2 N–H and O–H groups in total. The first kappa shape index (κ1) is 7.06. The molecule has 0 saturated heterocycles. The van der Waals surface area contributed by atoms with Crippen molar-refractivity contribution in [3.8, 4) is 11.5 Å². The van der Waals surface area contributed by atoms with Gasteiger partial charge in [-0.25, -0.2) is 0 Å². The second kappa shape index (κ2) is 2.29. The highest BCUT2D eigenvalue weighted by molar-refractivity contribution is 6.48. The van der Waals surface area contributed by atoms with E-state index < -0.39 is 0 Å². The van der Waals surface area contributed by atoms with E-state index in [4.69, 9.17) is 25.9 Å². The van der Waals surface area contributed by atoms with Crippen molar-refractivity contribution >= 4 is 26.6 Å². The monoisotopic (exact) mass is 130 g/mol. The molecule has 0 unspecified atom stereocenters. The van der Waals surface area contributed by atoms with Gasteiger partial charge in [0.15, 0.2) is 11.5 Å². The maximum absolute atomic E-state index is 8.84. The first-order valence-corrected chi connectivity index (χ1v) is 2.68. The lowest BCUT2D eigenvalue weighted by Crippen LogP contribution is -2.24. The minimum atomic E-state index is -0.258. The maximum Gasteiger partial charge on any atom is 0.156 e. The van der Waals surface area contributed by atoms with Crippen LogP contribution in [0.4, 0.5) is 0 Å². The molecule has 4 heteroatoms. The summed E-state index contributed by atoms with van der Waals surface area (Å²) in [5, 5.41) is 17.7. The average molecular weight is 130 g/mol. The van der Waals surface area contributed by atoms with Gasteiger partial charge >= 0.3 is 0 Å². The topological polar surface area (TPSA) is 40.5 Å². The van der Waals surface area contributed by atoms with E-state index in [0.717, 1.165) is 0 Å². The van der Waals surface area contributed by atoms with Gasteiger partial charge < -0.3 is 10.2 Å². The third-order valence-corrected chi connectivity index (χ3v) is 1.18. The largest absolute Gasteiger partial charge is 0.504 e. The van der Waals surface area contributed by atoms with Crippen LogP contribution in [0.3, 0.4) is 0 Å². The van der Waals surface area contributed by atoms with Crippen LogP contribution < -0.4 is 10.9 Å². The smallest absolute Gasteiger partial charge is 0.156 e. The van der Waals surface area contributed by atoms with E-state index in [0.29, 0.717) is 0 Å². The highest BCUT2D eigenvalue weighted by Gasteiger charge is 1.99. The van der Waals surface area contributed by atoms with Crippen molar-refractivity contribution < 1.29 is 10.2 Å². The lowest BCUT2D eigenvalue weighted by molar-refractivity contribution is 0.404. The number of hydrogen-bond acceptors (Lipinski definition) is 2. The molecule has 0 aliphatic heterocycles. The van der Waals surface area contributed by atoms with Gasteiger partial charge in [-0.2, -0.15) is 0 Å². The summed E-state index contributed by atoms with van der Waals surface area (Å²) in [4.78, 5) is 0. The third kappa shape index (κ3) is 1.10. The van der Waals surface area contributed by atoms with Gasteiger partial charge in [-0.05, 0) is 12.1 Å². The van der Waals surface area contributed by atoms with Gasteiger partial charge in [0, 0.05) is 0 Å². The Kier molecular flexibility index (Phi) is 1.62. The zero-order valence-corrected chi connectivity index (χ0v) is 5.20. The summed E-state index contributed by atoms with van der Waals surface area (Å²) in [6, 6.07) is 2.40. The Labute approximate surface area is 61.3 Å². The molecular formula is C6H4B2O2. The highest BCUT2D eigenvalue weighted by atomic mass is 16.3. The number of aromatic hydroxyl groups is 2. The van der Waals surface area contributed by atoms with Crippen LogP contribution in [0.25, 0.3) is 0 Å². The SMILES string of the molecule is [B]c1cc(O)c(O)cc1[B]. The lowest BCUT2D eigenvalue weighted by Gasteiger charge is -2.02. The summed E-state index contributed by atoms with van der Waals surface area (Å²) in [5.41, 5.74) is 0.519. The standard InChI is InChI=1S/C6H4B2O2/c7-3-1-5(9)6(10)2-4(3)8/h1-2,9-10H. The van der Waals surface area contributed by atoms with E-state index in [1.807, 2.05) is 0 Å². The molecule has 0 aliphatic rings. The molecule has 0 amide bonds. The minimum Gasteiger partial charge on any atom is -0.504 e. The molecule has 4 radical (unpaired) electrons. The zero-order chi connectivity index (χ0) is 7.72. The summed E-state index contributed by atoms with van der Waals surface area (Å²) >= 11 is 0. The molecule has 1 rings (SSSR count). The molecule has 0 aromatic heterocycles. The normalized spacial score (nSPS) is 9.60. The van der Waals surface area contributed by atoms with Crippen molar-refractivity contribution in [1.82, 2.24) is 0 Å². The average Bonchev–Trinajstić information content (AvgIpc) is 1.84. The number of hydrogen-bond donors (Lipinski definition) is 2. The van der Waals surface area contributed by atoms with Gasteiger partial charge in [0.25, 0.3) is 0 Å². The highest BCUT2D eigenvalue weighted by Crippen LogP contribution is 2.19. The van der Waals surface area contributed by atoms with E-state index in [9.17, 15) is 0 Å². The molecule has 0 spiro atoms. The van der Waals surface area contributed by atoms with Crippen LogP contribution in [0.2, 0.25) is 0 Å². The van der Waals surface area contributed by atoms with Gasteiger partial charge in [0.05, 0.1) is 0 Å². The van der Waals surface area contributed by atoms with Crippen molar-refractivity contribution in [2.24, 2.45) is 0 Å². The van der Waals surface area contributed by atoms with Crippen LogP contribution in [0.5, 0.6) is 11.5 Å². The predicted molar refractivity (Wildman–Crippen MR) is 40.5 cm³/mol.